The van der Waals surface area contributed by atoms with E-state index in [2.05, 4.69) is 19.1 Å². The van der Waals surface area contributed by atoms with Crippen LogP contribution in [-0.2, 0) is 4.79 Å². The van der Waals surface area contributed by atoms with E-state index < -0.39 is 0 Å². The number of hydrogen-bond donors (Lipinski definition) is 0. The van der Waals surface area contributed by atoms with Gasteiger partial charge in [0.2, 0.25) is 0 Å². The number of allylic oxidation sites excluding steroid dienone is 2. The van der Waals surface area contributed by atoms with Gasteiger partial charge >= 0.3 is 0 Å². The van der Waals surface area contributed by atoms with Crippen molar-refractivity contribution in [3.63, 3.8) is 0 Å². The van der Waals surface area contributed by atoms with Crippen molar-refractivity contribution in [2.75, 3.05) is 0 Å². The van der Waals surface area contributed by atoms with Crippen molar-refractivity contribution in [3.05, 3.63) is 12.2 Å². The quantitative estimate of drug-likeness (QED) is 0.411. The molecular weight excluding hydrogens is 160 g/mol. The molecule has 0 atom stereocenters. The van der Waals surface area contributed by atoms with Crippen molar-refractivity contribution in [2.24, 2.45) is 0 Å². The maximum absolute atomic E-state index is 10.6. The lowest BCUT2D eigenvalue weighted by molar-refractivity contribution is -0.116. The van der Waals surface area contributed by atoms with Crippen molar-refractivity contribution in [3.8, 4) is 0 Å². The van der Waals surface area contributed by atoms with Crippen LogP contribution in [0.25, 0.3) is 0 Å². The van der Waals surface area contributed by atoms with E-state index in [4.69, 9.17) is 0 Å². The Bertz CT molecular complexity index is 147. The van der Waals surface area contributed by atoms with Gasteiger partial charge in [-0.15, -0.1) is 0 Å². The topological polar surface area (TPSA) is 17.1 Å². The molecule has 0 aromatic heterocycles. The third-order valence-electron chi connectivity index (χ3n) is 2.05. The molecule has 0 saturated heterocycles. The van der Waals surface area contributed by atoms with Crippen LogP contribution in [0.1, 0.15) is 58.8 Å². The Balaban J connectivity index is 3.08. The van der Waals surface area contributed by atoms with E-state index in [1.54, 1.807) is 6.92 Å². The molecule has 1 nitrogen and oxygen atoms in total. The summed E-state index contributed by atoms with van der Waals surface area (Å²) in [6.07, 6.45) is 12.4. The van der Waals surface area contributed by atoms with Crippen LogP contribution in [0, 0.1) is 0 Å². The van der Waals surface area contributed by atoms with Crippen molar-refractivity contribution in [2.45, 2.75) is 58.8 Å². The molecule has 76 valence electrons. The number of carbonyl (C=O) groups excluding carboxylic acids is 1. The molecule has 0 saturated carbocycles. The summed E-state index contributed by atoms with van der Waals surface area (Å²) < 4.78 is 0. The average Bonchev–Trinajstić information content (AvgIpc) is 2.09. The molecule has 0 heterocycles. The fourth-order valence-corrected chi connectivity index (χ4v) is 1.21. The molecule has 0 aromatic carbocycles. The predicted octanol–water partition coefficient (Wildman–Crippen LogP) is 3.88. The smallest absolute Gasteiger partial charge is 0.130 e. The van der Waals surface area contributed by atoms with E-state index >= 15 is 0 Å². The lowest BCUT2D eigenvalue weighted by atomic mass is 10.1. The van der Waals surface area contributed by atoms with Crippen LogP contribution in [0.4, 0.5) is 0 Å². The average molecular weight is 182 g/mol. The van der Waals surface area contributed by atoms with Crippen LogP contribution in [0.15, 0.2) is 12.2 Å². The first-order chi connectivity index (χ1) is 6.27. The summed E-state index contributed by atoms with van der Waals surface area (Å²) in [4.78, 5) is 10.6. The fraction of sp³-hybridized carbons (Fsp3) is 0.750. The zero-order chi connectivity index (χ0) is 9.94. The van der Waals surface area contributed by atoms with Crippen LogP contribution in [0.3, 0.4) is 0 Å². The van der Waals surface area contributed by atoms with Crippen LogP contribution in [-0.4, -0.2) is 5.78 Å². The second-order valence-corrected chi connectivity index (χ2v) is 3.56. The van der Waals surface area contributed by atoms with Gasteiger partial charge in [0.25, 0.3) is 0 Å². The Kier molecular flexibility index (Phi) is 9.07. The molecule has 0 fully saturated rings. The Morgan fingerprint density at radius 3 is 2.38 bits per heavy atom. The Morgan fingerprint density at radius 1 is 1.08 bits per heavy atom. The zero-order valence-electron chi connectivity index (χ0n) is 9.01. The standard InChI is InChI=1S/C12H22O/c1-3-4-5-6-7-8-9-10-11-12(2)13/h8-9H,3-7,10-11H2,1-2H3/b9-8+. The third kappa shape index (κ3) is 11.4. The molecule has 0 unspecified atom stereocenters. The molecule has 0 aromatic rings. The van der Waals surface area contributed by atoms with E-state index in [0.717, 1.165) is 6.42 Å². The number of Topliss-reactive ketones (excluding diaryl/α,β-unsaturated/α-hetero) is 1. The molecule has 13 heavy (non-hydrogen) atoms. The lowest BCUT2D eigenvalue weighted by Crippen LogP contribution is -1.86. The summed E-state index contributed by atoms with van der Waals surface area (Å²) in [5, 5.41) is 0. The van der Waals surface area contributed by atoms with E-state index in [0.29, 0.717) is 6.42 Å². The second-order valence-electron chi connectivity index (χ2n) is 3.56. The molecule has 0 bridgehead atoms. The zero-order valence-corrected chi connectivity index (χ0v) is 9.01. The van der Waals surface area contributed by atoms with E-state index in [1.165, 1.54) is 32.1 Å². The molecule has 0 N–H and O–H groups in total. The molecule has 0 radical (unpaired) electrons. The van der Waals surface area contributed by atoms with Gasteiger partial charge in [-0.1, -0.05) is 38.3 Å². The van der Waals surface area contributed by atoms with Crippen LogP contribution in [0.2, 0.25) is 0 Å². The minimum atomic E-state index is 0.288. The highest BCUT2D eigenvalue weighted by molar-refractivity contribution is 5.75. The van der Waals surface area contributed by atoms with E-state index in [-0.39, 0.29) is 5.78 Å². The Morgan fingerprint density at radius 2 is 1.77 bits per heavy atom. The van der Waals surface area contributed by atoms with Gasteiger partial charge in [0, 0.05) is 6.42 Å². The van der Waals surface area contributed by atoms with Gasteiger partial charge in [0.15, 0.2) is 0 Å². The maximum Gasteiger partial charge on any atom is 0.130 e. The molecule has 1 heteroatoms. The number of rotatable bonds is 8. The van der Waals surface area contributed by atoms with Crippen molar-refractivity contribution in [1.82, 2.24) is 0 Å². The summed E-state index contributed by atoms with van der Waals surface area (Å²) in [5.41, 5.74) is 0. The Hall–Kier alpha value is -0.590. The number of carbonyl (C=O) groups is 1. The highest BCUT2D eigenvalue weighted by atomic mass is 16.1. The van der Waals surface area contributed by atoms with E-state index in [1.807, 2.05) is 0 Å². The summed E-state index contributed by atoms with van der Waals surface area (Å²) in [6.45, 7) is 3.87. The first-order valence-electron chi connectivity index (χ1n) is 5.41. The van der Waals surface area contributed by atoms with Gasteiger partial charge in [-0.2, -0.15) is 0 Å². The molecule has 0 amide bonds. The van der Waals surface area contributed by atoms with Crippen molar-refractivity contribution >= 4 is 5.78 Å². The van der Waals surface area contributed by atoms with Gasteiger partial charge in [-0.3, -0.25) is 0 Å². The van der Waals surface area contributed by atoms with Gasteiger partial charge < -0.3 is 4.79 Å². The first-order valence-corrected chi connectivity index (χ1v) is 5.41. The predicted molar refractivity (Wildman–Crippen MR) is 57.8 cm³/mol. The number of unbranched alkanes of at least 4 members (excludes halogenated alkanes) is 4. The third-order valence-corrected chi connectivity index (χ3v) is 2.05. The van der Waals surface area contributed by atoms with Gasteiger partial charge in [-0.25, -0.2) is 0 Å². The van der Waals surface area contributed by atoms with E-state index in [9.17, 15) is 4.79 Å². The molecule has 0 aliphatic rings. The van der Waals surface area contributed by atoms with Crippen LogP contribution < -0.4 is 0 Å². The molecule has 0 rings (SSSR count). The molecular formula is C12H22O. The summed E-state index contributed by atoms with van der Waals surface area (Å²) >= 11 is 0. The normalized spacial score (nSPS) is 10.9. The monoisotopic (exact) mass is 182 g/mol. The van der Waals surface area contributed by atoms with Crippen molar-refractivity contribution < 1.29 is 4.79 Å². The largest absolute Gasteiger partial charge is 0.300 e. The second kappa shape index (κ2) is 9.50. The van der Waals surface area contributed by atoms with Crippen LogP contribution in [0.5, 0.6) is 0 Å². The van der Waals surface area contributed by atoms with Gasteiger partial charge in [0.05, 0.1) is 0 Å². The SMILES string of the molecule is CCCCCC/C=C/CCC(C)=O. The minimum Gasteiger partial charge on any atom is -0.300 e. The highest BCUT2D eigenvalue weighted by Crippen LogP contribution is 2.03. The van der Waals surface area contributed by atoms with Crippen LogP contribution >= 0.6 is 0 Å². The number of ketones is 1. The lowest BCUT2D eigenvalue weighted by Gasteiger charge is -1.94. The minimum absolute atomic E-state index is 0.288. The summed E-state index contributed by atoms with van der Waals surface area (Å²) in [5.74, 6) is 0.288. The highest BCUT2D eigenvalue weighted by Gasteiger charge is 1.88. The molecule has 0 spiro atoms. The number of hydrogen-bond acceptors (Lipinski definition) is 1. The summed E-state index contributed by atoms with van der Waals surface area (Å²) in [7, 11) is 0. The Labute approximate surface area is 82.2 Å². The fourth-order valence-electron chi connectivity index (χ4n) is 1.21. The maximum atomic E-state index is 10.6. The summed E-state index contributed by atoms with van der Waals surface area (Å²) in [6, 6.07) is 0. The van der Waals surface area contributed by atoms with Gasteiger partial charge in [-0.05, 0) is 26.2 Å². The molecule has 0 aliphatic heterocycles. The van der Waals surface area contributed by atoms with Gasteiger partial charge in [0.1, 0.15) is 5.78 Å². The van der Waals surface area contributed by atoms with Crippen molar-refractivity contribution in [1.29, 1.82) is 0 Å². The molecule has 0 aliphatic carbocycles. The first kappa shape index (κ1) is 12.4.